The van der Waals surface area contributed by atoms with Crippen molar-refractivity contribution < 1.29 is 19.2 Å². The Labute approximate surface area is 159 Å². The zero-order valence-electron chi connectivity index (χ0n) is 15.9. The highest BCUT2D eigenvalue weighted by atomic mass is 16.5. The predicted octanol–water partition coefficient (Wildman–Crippen LogP) is 1.78. The lowest BCUT2D eigenvalue weighted by Crippen LogP contribution is -2.55. The Bertz CT molecular complexity index is 716. The lowest BCUT2D eigenvalue weighted by Gasteiger charge is -2.48. The van der Waals surface area contributed by atoms with Crippen LogP contribution in [0.2, 0.25) is 0 Å². The normalized spacial score (nSPS) is 25.7. The molecule has 3 heterocycles. The van der Waals surface area contributed by atoms with E-state index in [-0.39, 0.29) is 23.8 Å². The van der Waals surface area contributed by atoms with Crippen molar-refractivity contribution >= 4 is 11.8 Å². The van der Waals surface area contributed by atoms with Gasteiger partial charge in [-0.2, -0.15) is 0 Å². The summed E-state index contributed by atoms with van der Waals surface area (Å²) >= 11 is 0. The van der Waals surface area contributed by atoms with Gasteiger partial charge in [-0.05, 0) is 51.4 Å². The fourth-order valence-corrected chi connectivity index (χ4v) is 4.98. The molecule has 0 radical (unpaired) electrons. The molecule has 0 aromatic carbocycles. The second-order valence-corrected chi connectivity index (χ2v) is 8.37. The van der Waals surface area contributed by atoms with E-state index in [0.717, 1.165) is 62.7 Å². The summed E-state index contributed by atoms with van der Waals surface area (Å²) in [5, 5.41) is 13.2. The van der Waals surface area contributed by atoms with Crippen molar-refractivity contribution in [1.29, 1.82) is 0 Å². The highest BCUT2D eigenvalue weighted by molar-refractivity contribution is 5.93. The van der Waals surface area contributed by atoms with Crippen molar-refractivity contribution in [1.82, 2.24) is 15.0 Å². The van der Waals surface area contributed by atoms with Crippen molar-refractivity contribution in [2.24, 2.45) is 5.41 Å². The van der Waals surface area contributed by atoms with Gasteiger partial charge in [0.15, 0.2) is 0 Å². The first-order chi connectivity index (χ1) is 13.1. The molecule has 2 saturated heterocycles. The van der Waals surface area contributed by atoms with Crippen molar-refractivity contribution in [2.75, 3.05) is 32.8 Å². The maximum atomic E-state index is 13.2. The van der Waals surface area contributed by atoms with Gasteiger partial charge < -0.3 is 19.4 Å². The molecular weight excluding hydrogens is 346 g/mol. The van der Waals surface area contributed by atoms with E-state index >= 15 is 0 Å². The SMILES string of the molecule is O=C1CC[C@@]2(CCCN(C(=O)c3onc4c3CCCC4)C2)CN1CCCO. The maximum Gasteiger partial charge on any atom is 0.292 e. The van der Waals surface area contributed by atoms with Crippen LogP contribution in [-0.4, -0.2) is 64.7 Å². The van der Waals surface area contributed by atoms with Crippen molar-refractivity contribution in [3.8, 4) is 0 Å². The van der Waals surface area contributed by atoms with E-state index in [2.05, 4.69) is 5.16 Å². The Morgan fingerprint density at radius 1 is 1.15 bits per heavy atom. The van der Waals surface area contributed by atoms with Gasteiger partial charge in [0.05, 0.1) is 5.69 Å². The quantitative estimate of drug-likeness (QED) is 0.867. The molecular formula is C20H29N3O4. The fourth-order valence-electron chi connectivity index (χ4n) is 4.98. The number of rotatable bonds is 4. The van der Waals surface area contributed by atoms with Gasteiger partial charge in [-0.15, -0.1) is 0 Å². The highest BCUT2D eigenvalue weighted by Crippen LogP contribution is 2.39. The molecule has 4 rings (SSSR count). The molecule has 1 spiro atoms. The van der Waals surface area contributed by atoms with Gasteiger partial charge in [0, 0.05) is 50.2 Å². The monoisotopic (exact) mass is 375 g/mol. The van der Waals surface area contributed by atoms with Crippen LogP contribution in [-0.2, 0) is 17.6 Å². The molecule has 7 heteroatoms. The third kappa shape index (κ3) is 3.61. The average Bonchev–Trinajstić information content (AvgIpc) is 3.12. The van der Waals surface area contributed by atoms with Crippen LogP contribution in [0.15, 0.2) is 4.52 Å². The fraction of sp³-hybridized carbons (Fsp3) is 0.750. The molecule has 27 heavy (non-hydrogen) atoms. The van der Waals surface area contributed by atoms with Crippen molar-refractivity contribution in [2.45, 2.75) is 57.8 Å². The van der Waals surface area contributed by atoms with Crippen LogP contribution in [0.1, 0.15) is 66.8 Å². The molecule has 148 valence electrons. The third-order valence-electron chi connectivity index (χ3n) is 6.44. The lowest BCUT2D eigenvalue weighted by atomic mass is 9.73. The molecule has 2 amide bonds. The molecule has 1 atom stereocenters. The minimum Gasteiger partial charge on any atom is -0.396 e. The van der Waals surface area contributed by atoms with Gasteiger partial charge in [0.1, 0.15) is 0 Å². The molecule has 2 fully saturated rings. The van der Waals surface area contributed by atoms with Gasteiger partial charge in [-0.25, -0.2) is 0 Å². The number of aliphatic hydroxyl groups is 1. The van der Waals surface area contributed by atoms with Crippen molar-refractivity contribution in [3.05, 3.63) is 17.0 Å². The molecule has 3 aliphatic rings. The Morgan fingerprint density at radius 3 is 2.85 bits per heavy atom. The van der Waals surface area contributed by atoms with Crippen LogP contribution in [0.5, 0.6) is 0 Å². The lowest BCUT2D eigenvalue weighted by molar-refractivity contribution is -0.139. The smallest absolute Gasteiger partial charge is 0.292 e. The first kappa shape index (κ1) is 18.5. The standard InChI is InChI=1S/C20H29N3O4/c24-12-4-11-22-13-20(9-7-17(22)25)8-3-10-23(14-20)19(26)18-15-5-1-2-6-16(15)21-27-18/h24H,1-14H2/t20-/m0/s1. The van der Waals surface area contributed by atoms with Gasteiger partial charge in [0.2, 0.25) is 11.7 Å². The van der Waals surface area contributed by atoms with Crippen LogP contribution in [0.25, 0.3) is 0 Å². The number of fused-ring (bicyclic) bond motifs is 1. The summed E-state index contributed by atoms with van der Waals surface area (Å²) in [7, 11) is 0. The Kier molecular flexibility index (Phi) is 5.21. The summed E-state index contributed by atoms with van der Waals surface area (Å²) in [5.74, 6) is 0.566. The molecule has 0 bridgehead atoms. The molecule has 1 aromatic heterocycles. The summed E-state index contributed by atoms with van der Waals surface area (Å²) in [6.45, 7) is 2.79. The molecule has 2 aliphatic heterocycles. The van der Waals surface area contributed by atoms with Crippen LogP contribution in [0.3, 0.4) is 0 Å². The van der Waals surface area contributed by atoms with Gasteiger partial charge in [0.25, 0.3) is 5.91 Å². The van der Waals surface area contributed by atoms with E-state index < -0.39 is 0 Å². The van der Waals surface area contributed by atoms with E-state index in [1.165, 1.54) is 0 Å². The number of carbonyl (C=O) groups is 2. The molecule has 1 aromatic rings. The van der Waals surface area contributed by atoms with Crippen LogP contribution >= 0.6 is 0 Å². The summed E-state index contributed by atoms with van der Waals surface area (Å²) in [5.41, 5.74) is 1.93. The maximum absolute atomic E-state index is 13.2. The summed E-state index contributed by atoms with van der Waals surface area (Å²) in [6.07, 6.45) is 7.93. The van der Waals surface area contributed by atoms with E-state index in [9.17, 15) is 9.59 Å². The molecule has 1 N–H and O–H groups in total. The Hall–Kier alpha value is -1.89. The number of aliphatic hydroxyl groups excluding tert-OH is 1. The van der Waals surface area contributed by atoms with Crippen molar-refractivity contribution in [3.63, 3.8) is 0 Å². The number of aryl methyl sites for hydroxylation is 1. The molecule has 1 aliphatic carbocycles. The number of nitrogens with zero attached hydrogens (tertiary/aromatic N) is 3. The first-order valence-corrected chi connectivity index (χ1v) is 10.3. The van der Waals surface area contributed by atoms with Gasteiger partial charge >= 0.3 is 0 Å². The van der Waals surface area contributed by atoms with Crippen LogP contribution in [0, 0.1) is 5.41 Å². The van der Waals surface area contributed by atoms with E-state index in [4.69, 9.17) is 9.63 Å². The number of aromatic nitrogens is 1. The van der Waals surface area contributed by atoms with Crippen LogP contribution < -0.4 is 0 Å². The van der Waals surface area contributed by atoms with E-state index in [0.29, 0.717) is 38.2 Å². The summed E-state index contributed by atoms with van der Waals surface area (Å²) in [6, 6.07) is 0. The topological polar surface area (TPSA) is 86.9 Å². The first-order valence-electron chi connectivity index (χ1n) is 10.3. The molecule has 0 unspecified atom stereocenters. The highest BCUT2D eigenvalue weighted by Gasteiger charge is 2.43. The largest absolute Gasteiger partial charge is 0.396 e. The summed E-state index contributed by atoms with van der Waals surface area (Å²) in [4.78, 5) is 29.2. The van der Waals surface area contributed by atoms with E-state index in [1.807, 2.05) is 9.80 Å². The number of amides is 2. The molecule has 0 saturated carbocycles. The number of hydrogen-bond donors (Lipinski definition) is 1. The van der Waals surface area contributed by atoms with E-state index in [1.54, 1.807) is 0 Å². The summed E-state index contributed by atoms with van der Waals surface area (Å²) < 4.78 is 5.47. The second kappa shape index (κ2) is 7.62. The zero-order chi connectivity index (χ0) is 18.9. The van der Waals surface area contributed by atoms with Gasteiger partial charge in [-0.1, -0.05) is 5.16 Å². The van der Waals surface area contributed by atoms with Crippen LogP contribution in [0.4, 0.5) is 0 Å². The number of piperidine rings is 2. The Balaban J connectivity index is 1.48. The number of carbonyl (C=O) groups excluding carboxylic acids is 2. The minimum atomic E-state index is -0.0384. The Morgan fingerprint density at radius 2 is 2.00 bits per heavy atom. The molecule has 7 nitrogen and oxygen atoms in total. The number of likely N-dealkylation sites (tertiary alicyclic amines) is 2. The zero-order valence-corrected chi connectivity index (χ0v) is 15.9. The second-order valence-electron chi connectivity index (χ2n) is 8.37. The average molecular weight is 375 g/mol. The van der Waals surface area contributed by atoms with Gasteiger partial charge in [-0.3, -0.25) is 9.59 Å². The third-order valence-corrected chi connectivity index (χ3v) is 6.44. The predicted molar refractivity (Wildman–Crippen MR) is 98.2 cm³/mol. The number of hydrogen-bond acceptors (Lipinski definition) is 5. The minimum absolute atomic E-state index is 0.0304.